The van der Waals surface area contributed by atoms with Crippen molar-refractivity contribution in [1.29, 1.82) is 0 Å². The molecule has 2 N–H and O–H groups in total. The topological polar surface area (TPSA) is 46.3 Å². The molecule has 3 aromatic rings. The largest absolute Gasteiger partial charge is 0.497 e. The van der Waals surface area contributed by atoms with Gasteiger partial charge in [0.05, 0.1) is 13.7 Å². The third-order valence-electron chi connectivity index (χ3n) is 5.12. The number of H-pyrrole nitrogens is 1. The van der Waals surface area contributed by atoms with Crippen molar-refractivity contribution in [2.24, 2.45) is 0 Å². The van der Waals surface area contributed by atoms with Crippen molar-refractivity contribution in [3.05, 3.63) is 59.3 Å². The van der Waals surface area contributed by atoms with Gasteiger partial charge in [-0.15, -0.1) is 0 Å². The van der Waals surface area contributed by atoms with E-state index in [1.807, 2.05) is 24.3 Å². The van der Waals surface area contributed by atoms with Gasteiger partial charge in [0.2, 0.25) is 0 Å². The lowest BCUT2D eigenvalue weighted by molar-refractivity contribution is 0.310. The minimum Gasteiger partial charge on any atom is -0.497 e. The predicted molar refractivity (Wildman–Crippen MR) is 105 cm³/mol. The van der Waals surface area contributed by atoms with Crippen molar-refractivity contribution in [1.82, 2.24) is 10.3 Å². The maximum atomic E-state index is 5.88. The molecule has 0 atom stereocenters. The molecule has 0 saturated carbocycles. The second-order valence-corrected chi connectivity index (χ2v) is 6.80. The van der Waals surface area contributed by atoms with Gasteiger partial charge in [0.25, 0.3) is 0 Å². The Kier molecular flexibility index (Phi) is 5.12. The van der Waals surface area contributed by atoms with Crippen molar-refractivity contribution >= 4 is 10.9 Å². The van der Waals surface area contributed by atoms with Crippen LogP contribution in [-0.4, -0.2) is 31.8 Å². The first kappa shape index (κ1) is 17.0. The molecule has 0 bridgehead atoms. The zero-order valence-corrected chi connectivity index (χ0v) is 15.3. The average molecular weight is 350 g/mol. The highest BCUT2D eigenvalue weighted by Crippen LogP contribution is 2.28. The van der Waals surface area contributed by atoms with E-state index in [4.69, 9.17) is 9.47 Å². The Morgan fingerprint density at radius 2 is 1.77 bits per heavy atom. The summed E-state index contributed by atoms with van der Waals surface area (Å²) in [6, 6.07) is 14.4. The molecule has 4 heteroatoms. The molecule has 1 aliphatic heterocycles. The molecule has 0 spiro atoms. The average Bonchev–Trinajstić information content (AvgIpc) is 2.88. The molecule has 0 aliphatic carbocycles. The molecule has 0 unspecified atom stereocenters. The lowest BCUT2D eigenvalue weighted by Gasteiger charge is -2.09. The fourth-order valence-corrected chi connectivity index (χ4v) is 3.82. The second kappa shape index (κ2) is 7.83. The molecule has 26 heavy (non-hydrogen) atoms. The number of hydrogen-bond acceptors (Lipinski definition) is 3. The summed E-state index contributed by atoms with van der Waals surface area (Å²) in [6.07, 6.45) is 4.23. The van der Waals surface area contributed by atoms with Crippen LogP contribution in [0.25, 0.3) is 10.9 Å². The first-order valence-electron chi connectivity index (χ1n) is 9.44. The van der Waals surface area contributed by atoms with E-state index >= 15 is 0 Å². The third kappa shape index (κ3) is 3.56. The third-order valence-corrected chi connectivity index (χ3v) is 5.12. The van der Waals surface area contributed by atoms with Crippen molar-refractivity contribution in [2.45, 2.75) is 25.7 Å². The van der Waals surface area contributed by atoms with Gasteiger partial charge in [-0.25, -0.2) is 0 Å². The van der Waals surface area contributed by atoms with Crippen molar-refractivity contribution in [2.75, 3.05) is 26.8 Å². The number of methoxy groups -OCH3 is 1. The summed E-state index contributed by atoms with van der Waals surface area (Å²) < 4.78 is 11.1. The summed E-state index contributed by atoms with van der Waals surface area (Å²) in [5.41, 5.74) is 5.63. The molecular formula is C22H26N2O2. The molecule has 0 radical (unpaired) electrons. The van der Waals surface area contributed by atoms with Crippen LogP contribution < -0.4 is 14.8 Å². The van der Waals surface area contributed by atoms with Gasteiger partial charge in [0.1, 0.15) is 11.5 Å². The first-order chi connectivity index (χ1) is 12.8. The summed E-state index contributed by atoms with van der Waals surface area (Å²) in [7, 11) is 1.67. The minimum absolute atomic E-state index is 0.719. The van der Waals surface area contributed by atoms with Crippen LogP contribution in [0.4, 0.5) is 0 Å². The smallest absolute Gasteiger partial charge is 0.119 e. The van der Waals surface area contributed by atoms with Crippen LogP contribution in [0.2, 0.25) is 0 Å². The van der Waals surface area contributed by atoms with Crippen LogP contribution >= 0.6 is 0 Å². The van der Waals surface area contributed by atoms with Gasteiger partial charge in [0.15, 0.2) is 0 Å². The van der Waals surface area contributed by atoms with Gasteiger partial charge in [0, 0.05) is 29.6 Å². The Morgan fingerprint density at radius 1 is 0.962 bits per heavy atom. The van der Waals surface area contributed by atoms with Crippen molar-refractivity contribution in [3.63, 3.8) is 0 Å². The van der Waals surface area contributed by atoms with Gasteiger partial charge in [-0.1, -0.05) is 12.1 Å². The Bertz CT molecular complexity index is 868. The lowest BCUT2D eigenvalue weighted by atomic mass is 9.99. The molecule has 4 rings (SSSR count). The quantitative estimate of drug-likeness (QED) is 0.663. The second-order valence-electron chi connectivity index (χ2n) is 6.80. The van der Waals surface area contributed by atoms with E-state index < -0.39 is 0 Å². The van der Waals surface area contributed by atoms with E-state index in [2.05, 4.69) is 28.5 Å². The minimum atomic E-state index is 0.719. The summed E-state index contributed by atoms with van der Waals surface area (Å²) in [6.45, 7) is 2.84. The molecule has 0 amide bonds. The Labute approximate surface area is 154 Å². The summed E-state index contributed by atoms with van der Waals surface area (Å²) in [4.78, 5) is 3.64. The maximum absolute atomic E-state index is 5.88. The van der Waals surface area contributed by atoms with Gasteiger partial charge < -0.3 is 19.8 Å². The highest BCUT2D eigenvalue weighted by molar-refractivity contribution is 5.88. The Balaban J connectivity index is 1.43. The molecule has 0 saturated heterocycles. The van der Waals surface area contributed by atoms with E-state index in [0.29, 0.717) is 0 Å². The molecule has 2 heterocycles. The molecule has 2 aromatic carbocycles. The van der Waals surface area contributed by atoms with Crippen LogP contribution in [0.3, 0.4) is 0 Å². The zero-order valence-electron chi connectivity index (χ0n) is 15.3. The van der Waals surface area contributed by atoms with Crippen molar-refractivity contribution in [3.8, 4) is 11.5 Å². The zero-order chi connectivity index (χ0) is 17.8. The number of hydrogen-bond donors (Lipinski definition) is 2. The summed E-state index contributed by atoms with van der Waals surface area (Å²) >= 11 is 0. The molecule has 4 nitrogen and oxygen atoms in total. The number of aromatic amines is 1. The van der Waals surface area contributed by atoms with Crippen molar-refractivity contribution < 1.29 is 9.47 Å². The van der Waals surface area contributed by atoms with Crippen LogP contribution in [0.5, 0.6) is 11.5 Å². The van der Waals surface area contributed by atoms with Crippen LogP contribution in [0.1, 0.15) is 23.2 Å². The standard InChI is InChI=1S/C22H26N2O2/c1-25-17-7-9-18(10-8-17)26-15-3-5-16-4-2-6-21-22(16)19-11-13-23-14-12-20(19)24-21/h2,4,6-10,23-24H,3,5,11-15H2,1H3. The highest BCUT2D eigenvalue weighted by Gasteiger charge is 2.16. The van der Waals surface area contributed by atoms with E-state index in [1.165, 1.54) is 27.7 Å². The van der Waals surface area contributed by atoms with Crippen LogP contribution in [0.15, 0.2) is 42.5 Å². The molecule has 1 aromatic heterocycles. The summed E-state index contributed by atoms with van der Waals surface area (Å²) in [5.74, 6) is 1.75. The number of nitrogens with one attached hydrogen (secondary N) is 2. The number of rotatable bonds is 6. The SMILES string of the molecule is COc1ccc(OCCCc2cccc3[nH]c4c(c23)CCNCC4)cc1. The Morgan fingerprint density at radius 3 is 2.62 bits per heavy atom. The molecule has 0 fully saturated rings. The lowest BCUT2D eigenvalue weighted by Crippen LogP contribution is -2.16. The molecular weight excluding hydrogens is 324 g/mol. The number of aromatic nitrogens is 1. The van der Waals surface area contributed by atoms with Gasteiger partial charge in [-0.2, -0.15) is 0 Å². The van der Waals surface area contributed by atoms with E-state index in [9.17, 15) is 0 Å². The van der Waals surface area contributed by atoms with Gasteiger partial charge >= 0.3 is 0 Å². The van der Waals surface area contributed by atoms with Gasteiger partial charge in [-0.3, -0.25) is 0 Å². The highest BCUT2D eigenvalue weighted by atomic mass is 16.5. The number of fused-ring (bicyclic) bond motifs is 3. The Hall–Kier alpha value is -2.46. The number of ether oxygens (including phenoxy) is 2. The summed E-state index contributed by atoms with van der Waals surface area (Å²) in [5, 5.41) is 4.93. The first-order valence-corrected chi connectivity index (χ1v) is 9.44. The molecule has 136 valence electrons. The van der Waals surface area contributed by atoms with E-state index in [1.54, 1.807) is 7.11 Å². The normalized spacial score (nSPS) is 14.0. The molecule has 1 aliphatic rings. The van der Waals surface area contributed by atoms with E-state index in [-0.39, 0.29) is 0 Å². The number of aryl methyl sites for hydroxylation is 1. The predicted octanol–water partition coefficient (Wildman–Crippen LogP) is 3.88. The monoisotopic (exact) mass is 350 g/mol. The maximum Gasteiger partial charge on any atom is 0.119 e. The number of benzene rings is 2. The van der Waals surface area contributed by atoms with E-state index in [0.717, 1.165) is 56.9 Å². The van der Waals surface area contributed by atoms with Gasteiger partial charge in [-0.05, 0) is 67.3 Å². The van der Waals surface area contributed by atoms with Crippen LogP contribution in [0, 0.1) is 0 Å². The fourth-order valence-electron chi connectivity index (χ4n) is 3.82. The van der Waals surface area contributed by atoms with Crippen LogP contribution in [-0.2, 0) is 19.3 Å². The fraction of sp³-hybridized carbons (Fsp3) is 0.364.